The van der Waals surface area contributed by atoms with Crippen molar-refractivity contribution in [1.82, 2.24) is 5.32 Å². The van der Waals surface area contributed by atoms with E-state index in [4.69, 9.17) is 4.74 Å². The van der Waals surface area contributed by atoms with Crippen LogP contribution in [-0.2, 0) is 0 Å². The molecule has 1 rings (SSSR count). The normalized spacial score (nSPS) is 12.9. The van der Waals surface area contributed by atoms with Crippen LogP contribution < -0.4 is 10.1 Å². The minimum Gasteiger partial charge on any atom is -0.494 e. The number of methoxy groups -OCH3 is 1. The molecule has 0 saturated heterocycles. The largest absolute Gasteiger partial charge is 0.494 e. The van der Waals surface area contributed by atoms with Crippen molar-refractivity contribution in [2.75, 3.05) is 12.4 Å². The number of nitrogens with one attached hydrogen (secondary N) is 1. The van der Waals surface area contributed by atoms with Crippen molar-refractivity contribution in [3.8, 4) is 5.75 Å². The third-order valence-electron chi connectivity index (χ3n) is 3.16. The maximum atomic E-state index is 13.6. The van der Waals surface area contributed by atoms with Crippen LogP contribution in [0.1, 0.15) is 37.6 Å². The second kappa shape index (κ2) is 7.07. The summed E-state index contributed by atoms with van der Waals surface area (Å²) in [6.07, 6.45) is 0.813. The fourth-order valence-corrected chi connectivity index (χ4v) is 2.34. The van der Waals surface area contributed by atoms with E-state index in [0.29, 0.717) is 5.56 Å². The van der Waals surface area contributed by atoms with Crippen LogP contribution in [0.4, 0.5) is 4.39 Å². The molecular formula is C15H21BrFNO2. The highest BCUT2D eigenvalue weighted by atomic mass is 79.9. The minimum absolute atomic E-state index is 0.0135. The molecule has 0 spiro atoms. The first kappa shape index (κ1) is 17.0. The topological polar surface area (TPSA) is 38.3 Å². The number of rotatable bonds is 5. The third kappa shape index (κ3) is 4.47. The number of hydrogen-bond donors (Lipinski definition) is 1. The van der Waals surface area contributed by atoms with Crippen LogP contribution >= 0.6 is 15.9 Å². The molecule has 1 unspecified atom stereocenters. The molecule has 0 radical (unpaired) electrons. The van der Waals surface area contributed by atoms with E-state index >= 15 is 0 Å². The first-order chi connectivity index (χ1) is 9.29. The van der Waals surface area contributed by atoms with Gasteiger partial charge in [-0.25, -0.2) is 4.39 Å². The van der Waals surface area contributed by atoms with Crippen LogP contribution in [0.3, 0.4) is 0 Å². The van der Waals surface area contributed by atoms with Crippen molar-refractivity contribution in [2.24, 2.45) is 5.41 Å². The quantitative estimate of drug-likeness (QED) is 0.825. The number of alkyl halides is 1. The van der Waals surface area contributed by atoms with Crippen molar-refractivity contribution >= 4 is 21.8 Å². The Morgan fingerprint density at radius 3 is 2.55 bits per heavy atom. The fraction of sp³-hybridized carbons (Fsp3) is 0.533. The number of carbonyl (C=O) groups excluding carboxylic acids is 1. The molecule has 0 aliphatic carbocycles. The molecule has 1 atom stereocenters. The zero-order valence-corrected chi connectivity index (χ0v) is 13.9. The summed E-state index contributed by atoms with van der Waals surface area (Å²) < 4.78 is 18.5. The molecule has 0 fully saturated rings. The molecule has 1 aromatic carbocycles. The van der Waals surface area contributed by atoms with E-state index in [1.54, 1.807) is 6.07 Å². The van der Waals surface area contributed by atoms with Gasteiger partial charge in [0.2, 0.25) is 0 Å². The summed E-state index contributed by atoms with van der Waals surface area (Å²) in [6.45, 7) is 6.19. The lowest BCUT2D eigenvalue weighted by Crippen LogP contribution is -2.44. The van der Waals surface area contributed by atoms with Gasteiger partial charge in [0.25, 0.3) is 5.91 Å². The van der Waals surface area contributed by atoms with Crippen LogP contribution in [0.5, 0.6) is 5.75 Å². The van der Waals surface area contributed by atoms with Gasteiger partial charge >= 0.3 is 0 Å². The van der Waals surface area contributed by atoms with Crippen LogP contribution in [-0.4, -0.2) is 24.4 Å². The zero-order chi connectivity index (χ0) is 15.3. The summed E-state index contributed by atoms with van der Waals surface area (Å²) >= 11 is 3.39. The zero-order valence-electron chi connectivity index (χ0n) is 12.3. The third-order valence-corrected chi connectivity index (χ3v) is 3.62. The van der Waals surface area contributed by atoms with E-state index in [0.717, 1.165) is 11.8 Å². The fourth-order valence-electron chi connectivity index (χ4n) is 1.88. The average molecular weight is 346 g/mol. The number of halogens is 2. The lowest BCUT2D eigenvalue weighted by atomic mass is 9.85. The summed E-state index contributed by atoms with van der Waals surface area (Å²) in [5.74, 6) is -0.672. The highest BCUT2D eigenvalue weighted by Gasteiger charge is 2.26. The van der Waals surface area contributed by atoms with Crippen LogP contribution in [0, 0.1) is 11.2 Å². The molecule has 1 N–H and O–H groups in total. The van der Waals surface area contributed by atoms with E-state index in [1.807, 2.05) is 0 Å². The molecule has 0 bridgehead atoms. The van der Waals surface area contributed by atoms with Gasteiger partial charge in [0.1, 0.15) is 0 Å². The molecule has 0 heterocycles. The molecule has 112 valence electrons. The van der Waals surface area contributed by atoms with Gasteiger partial charge in [-0.1, -0.05) is 36.7 Å². The first-order valence-corrected chi connectivity index (χ1v) is 7.62. The Labute approximate surface area is 128 Å². The predicted molar refractivity (Wildman–Crippen MR) is 82.1 cm³/mol. The number of hydrogen-bond acceptors (Lipinski definition) is 2. The average Bonchev–Trinajstić information content (AvgIpc) is 2.36. The molecule has 0 aliphatic heterocycles. The van der Waals surface area contributed by atoms with Crippen LogP contribution in [0.15, 0.2) is 18.2 Å². The number of benzene rings is 1. The highest BCUT2D eigenvalue weighted by Crippen LogP contribution is 2.23. The minimum atomic E-state index is -0.534. The van der Waals surface area contributed by atoms with E-state index in [-0.39, 0.29) is 23.1 Å². The van der Waals surface area contributed by atoms with Gasteiger partial charge in [-0.2, -0.15) is 0 Å². The predicted octanol–water partition coefficient (Wildman–Crippen LogP) is 3.76. The Hall–Kier alpha value is -1.10. The van der Waals surface area contributed by atoms with E-state index in [1.165, 1.54) is 19.2 Å². The summed E-state index contributed by atoms with van der Waals surface area (Å²) in [5.41, 5.74) is 0.237. The van der Waals surface area contributed by atoms with E-state index in [9.17, 15) is 9.18 Å². The summed E-state index contributed by atoms with van der Waals surface area (Å²) in [5, 5.41) is 3.76. The lowest BCUT2D eigenvalue weighted by Gasteiger charge is -2.31. The van der Waals surface area contributed by atoms with E-state index in [2.05, 4.69) is 42.0 Å². The van der Waals surface area contributed by atoms with Crippen molar-refractivity contribution in [3.63, 3.8) is 0 Å². The highest BCUT2D eigenvalue weighted by molar-refractivity contribution is 9.09. The van der Waals surface area contributed by atoms with Gasteiger partial charge in [0, 0.05) is 16.9 Å². The van der Waals surface area contributed by atoms with Gasteiger partial charge in [0.05, 0.1) is 7.11 Å². The van der Waals surface area contributed by atoms with Crippen LogP contribution in [0.2, 0.25) is 0 Å². The van der Waals surface area contributed by atoms with Crippen molar-refractivity contribution in [1.29, 1.82) is 0 Å². The number of ether oxygens (including phenoxy) is 1. The van der Waals surface area contributed by atoms with Gasteiger partial charge < -0.3 is 10.1 Å². The summed E-state index contributed by atoms with van der Waals surface area (Å²) in [7, 11) is 1.39. The van der Waals surface area contributed by atoms with Gasteiger partial charge in [-0.3, -0.25) is 4.79 Å². The SMILES string of the molecule is COc1ccc(C(=O)NC(CCBr)C(C)(C)C)cc1F. The van der Waals surface area contributed by atoms with Crippen LogP contribution in [0.25, 0.3) is 0 Å². The monoisotopic (exact) mass is 345 g/mol. The molecule has 0 aliphatic rings. The van der Waals surface area contributed by atoms with Crippen molar-refractivity contribution in [2.45, 2.75) is 33.2 Å². The molecule has 1 aromatic rings. The number of carbonyl (C=O) groups is 1. The van der Waals surface area contributed by atoms with Crippen molar-refractivity contribution in [3.05, 3.63) is 29.6 Å². The molecule has 1 amide bonds. The Morgan fingerprint density at radius 1 is 1.45 bits per heavy atom. The smallest absolute Gasteiger partial charge is 0.251 e. The number of amides is 1. The Bertz CT molecular complexity index is 471. The first-order valence-electron chi connectivity index (χ1n) is 6.50. The lowest BCUT2D eigenvalue weighted by molar-refractivity contribution is 0.0900. The van der Waals surface area contributed by atoms with E-state index < -0.39 is 5.82 Å². The van der Waals surface area contributed by atoms with Gasteiger partial charge in [-0.05, 0) is 30.0 Å². The van der Waals surface area contributed by atoms with Gasteiger partial charge in [-0.15, -0.1) is 0 Å². The molecule has 20 heavy (non-hydrogen) atoms. The van der Waals surface area contributed by atoms with Crippen molar-refractivity contribution < 1.29 is 13.9 Å². The Kier molecular flexibility index (Phi) is 5.99. The summed E-state index contributed by atoms with van der Waals surface area (Å²) in [4.78, 5) is 12.2. The Balaban J connectivity index is 2.86. The molecular weight excluding hydrogens is 325 g/mol. The molecule has 5 heteroatoms. The maximum absolute atomic E-state index is 13.6. The Morgan fingerprint density at radius 2 is 2.10 bits per heavy atom. The maximum Gasteiger partial charge on any atom is 0.251 e. The molecule has 0 aromatic heterocycles. The molecule has 0 saturated carbocycles. The second-order valence-corrected chi connectivity index (χ2v) is 6.51. The second-order valence-electron chi connectivity index (χ2n) is 5.72. The van der Waals surface area contributed by atoms with Gasteiger partial charge in [0.15, 0.2) is 11.6 Å². The standard InChI is InChI=1S/C15H21BrFNO2/c1-15(2,3)13(7-8-16)18-14(19)10-5-6-12(20-4)11(17)9-10/h5-6,9,13H,7-8H2,1-4H3,(H,18,19). The summed E-state index contributed by atoms with van der Waals surface area (Å²) in [6, 6.07) is 4.23. The molecule has 3 nitrogen and oxygen atoms in total.